The molecule has 0 bridgehead atoms. The molecule has 0 radical (unpaired) electrons. The van der Waals surface area contributed by atoms with Crippen molar-refractivity contribution in [3.05, 3.63) is 49.9 Å². The van der Waals surface area contributed by atoms with E-state index in [4.69, 9.17) is 46.4 Å². The number of hydrogen-bond acceptors (Lipinski definition) is 5. The van der Waals surface area contributed by atoms with Gasteiger partial charge in [-0.15, -0.1) is 0 Å². The number of rotatable bonds is 6. The van der Waals surface area contributed by atoms with Gasteiger partial charge in [0.2, 0.25) is 18.2 Å². The quantitative estimate of drug-likeness (QED) is 0.330. The second-order valence-electron chi connectivity index (χ2n) is 9.26. The SMILES string of the molecule is CC1(c2cc(Cl)cc(Cl)c2NC=O)C2C(=O)N(c3cc(Cl)c(OC(F)F)c(Cl)c3)C(=O)C2C2CCCN21. The zero-order valence-electron chi connectivity index (χ0n) is 19.1. The first-order chi connectivity index (χ1) is 17.5. The van der Waals surface area contributed by atoms with Gasteiger partial charge in [0.05, 0.1) is 43.8 Å². The van der Waals surface area contributed by atoms with Crippen molar-refractivity contribution in [2.24, 2.45) is 11.8 Å². The third-order valence-corrected chi connectivity index (χ3v) is 8.60. The maximum atomic E-state index is 14.0. The summed E-state index contributed by atoms with van der Waals surface area (Å²) in [5.41, 5.74) is -0.202. The van der Waals surface area contributed by atoms with E-state index in [1.54, 1.807) is 6.07 Å². The average Bonchev–Trinajstić information content (AvgIpc) is 3.46. The predicted octanol–water partition coefficient (Wildman–Crippen LogP) is 5.97. The Morgan fingerprint density at radius 3 is 2.38 bits per heavy atom. The number of alkyl halides is 2. The van der Waals surface area contributed by atoms with Crippen molar-refractivity contribution in [3.63, 3.8) is 0 Å². The third kappa shape index (κ3) is 3.98. The van der Waals surface area contributed by atoms with Gasteiger partial charge in [-0.1, -0.05) is 46.4 Å². The minimum atomic E-state index is -3.16. The number of carbonyl (C=O) groups excluding carboxylic acids is 3. The van der Waals surface area contributed by atoms with Crippen molar-refractivity contribution in [1.29, 1.82) is 0 Å². The highest BCUT2D eigenvalue weighted by atomic mass is 35.5. The number of nitrogens with zero attached hydrogens (tertiary/aromatic N) is 2. The lowest BCUT2D eigenvalue weighted by molar-refractivity contribution is -0.125. The Morgan fingerprint density at radius 2 is 1.76 bits per heavy atom. The summed E-state index contributed by atoms with van der Waals surface area (Å²) in [4.78, 5) is 42.4. The van der Waals surface area contributed by atoms with Crippen LogP contribution in [-0.2, 0) is 19.9 Å². The predicted molar refractivity (Wildman–Crippen MR) is 136 cm³/mol. The maximum absolute atomic E-state index is 14.0. The van der Waals surface area contributed by atoms with E-state index >= 15 is 0 Å². The van der Waals surface area contributed by atoms with Crippen molar-refractivity contribution in [1.82, 2.24) is 4.90 Å². The van der Waals surface area contributed by atoms with Crippen LogP contribution in [0.15, 0.2) is 24.3 Å². The van der Waals surface area contributed by atoms with E-state index in [2.05, 4.69) is 15.0 Å². The van der Waals surface area contributed by atoms with Gasteiger partial charge < -0.3 is 10.1 Å². The molecule has 3 amide bonds. The summed E-state index contributed by atoms with van der Waals surface area (Å²) in [6.45, 7) is -0.707. The molecule has 0 saturated carbocycles. The fraction of sp³-hybridized carbons (Fsp3) is 0.375. The molecule has 4 atom stereocenters. The zero-order chi connectivity index (χ0) is 26.8. The minimum Gasteiger partial charge on any atom is -0.432 e. The number of ether oxygens (including phenoxy) is 1. The molecule has 1 N–H and O–H groups in total. The molecular weight excluding hydrogens is 574 g/mol. The van der Waals surface area contributed by atoms with Gasteiger partial charge in [-0.3, -0.25) is 19.3 Å². The number of imide groups is 1. The summed E-state index contributed by atoms with van der Waals surface area (Å²) in [7, 11) is 0. The molecule has 0 spiro atoms. The second kappa shape index (κ2) is 9.54. The van der Waals surface area contributed by atoms with Crippen LogP contribution in [0.3, 0.4) is 0 Å². The Morgan fingerprint density at radius 1 is 1.08 bits per heavy atom. The summed E-state index contributed by atoms with van der Waals surface area (Å²) in [5.74, 6) is -3.00. The molecule has 13 heteroatoms. The Bertz CT molecular complexity index is 1310. The summed E-state index contributed by atoms with van der Waals surface area (Å²) >= 11 is 25.0. The minimum absolute atomic E-state index is 0.0447. The van der Waals surface area contributed by atoms with E-state index in [0.717, 1.165) is 11.3 Å². The largest absolute Gasteiger partial charge is 0.432 e. The van der Waals surface area contributed by atoms with Crippen molar-refractivity contribution >= 4 is 76.0 Å². The van der Waals surface area contributed by atoms with Gasteiger partial charge in [-0.05, 0) is 56.1 Å². The van der Waals surface area contributed by atoms with E-state index in [-0.39, 0.29) is 26.8 Å². The highest BCUT2D eigenvalue weighted by Crippen LogP contribution is 2.59. The van der Waals surface area contributed by atoms with Crippen LogP contribution >= 0.6 is 46.4 Å². The third-order valence-electron chi connectivity index (χ3n) is 7.52. The highest BCUT2D eigenvalue weighted by molar-refractivity contribution is 6.38. The van der Waals surface area contributed by atoms with E-state index in [0.29, 0.717) is 35.6 Å². The van der Waals surface area contributed by atoms with Crippen LogP contribution in [0.1, 0.15) is 25.3 Å². The number of anilines is 2. The Labute approximate surface area is 230 Å². The number of carbonyl (C=O) groups is 3. The maximum Gasteiger partial charge on any atom is 0.387 e. The number of nitrogens with one attached hydrogen (secondary N) is 1. The number of halogens is 6. The van der Waals surface area contributed by atoms with Crippen molar-refractivity contribution in [2.75, 3.05) is 16.8 Å². The lowest BCUT2D eigenvalue weighted by atomic mass is 9.75. The molecule has 196 valence electrons. The molecule has 2 aromatic carbocycles. The van der Waals surface area contributed by atoms with Crippen molar-refractivity contribution in [2.45, 2.75) is 38.0 Å². The monoisotopic (exact) mass is 591 g/mol. The van der Waals surface area contributed by atoms with E-state index < -0.39 is 41.6 Å². The van der Waals surface area contributed by atoms with Crippen LogP contribution < -0.4 is 15.0 Å². The highest BCUT2D eigenvalue weighted by Gasteiger charge is 2.68. The number of fused-ring (bicyclic) bond motifs is 3. The molecule has 3 aliphatic heterocycles. The Kier molecular flexibility index (Phi) is 6.82. The molecule has 0 aromatic heterocycles. The van der Waals surface area contributed by atoms with Gasteiger partial charge >= 0.3 is 6.61 Å². The fourth-order valence-corrected chi connectivity index (χ4v) is 7.34. The zero-order valence-corrected chi connectivity index (χ0v) is 22.1. The van der Waals surface area contributed by atoms with Gasteiger partial charge in [0.15, 0.2) is 5.75 Å². The molecule has 4 unspecified atom stereocenters. The molecule has 3 heterocycles. The summed E-state index contributed by atoms with van der Waals surface area (Å²) in [6.07, 6.45) is 1.96. The van der Waals surface area contributed by atoms with Crippen LogP contribution in [0.2, 0.25) is 20.1 Å². The van der Waals surface area contributed by atoms with Crippen LogP contribution in [0.4, 0.5) is 20.2 Å². The lowest BCUT2D eigenvalue weighted by Gasteiger charge is -2.40. The first-order valence-corrected chi connectivity index (χ1v) is 12.8. The smallest absolute Gasteiger partial charge is 0.387 e. The molecule has 7 nitrogen and oxygen atoms in total. The molecular formula is C24H19Cl4F2N3O4. The first-order valence-electron chi connectivity index (χ1n) is 11.3. The van der Waals surface area contributed by atoms with Crippen LogP contribution in [0.5, 0.6) is 5.75 Å². The topological polar surface area (TPSA) is 79.0 Å². The van der Waals surface area contributed by atoms with Gasteiger partial charge in [0.25, 0.3) is 0 Å². The van der Waals surface area contributed by atoms with Gasteiger partial charge in [0.1, 0.15) is 0 Å². The van der Waals surface area contributed by atoms with Crippen LogP contribution in [0.25, 0.3) is 0 Å². The molecule has 3 saturated heterocycles. The summed E-state index contributed by atoms with van der Waals surface area (Å²) < 4.78 is 29.9. The Balaban J connectivity index is 1.64. The van der Waals surface area contributed by atoms with Gasteiger partial charge in [-0.2, -0.15) is 8.78 Å². The number of amides is 3. The van der Waals surface area contributed by atoms with E-state index in [1.165, 1.54) is 18.2 Å². The summed E-state index contributed by atoms with van der Waals surface area (Å²) in [6, 6.07) is 5.26. The molecule has 37 heavy (non-hydrogen) atoms. The standard InChI is InChI=1S/C24H19Cl4F2N3O4/c1-24(12-5-10(25)6-13(26)19(12)31-9-34)18-17(16-3-2-4-32(16)24)21(35)33(22(18)36)11-7-14(27)20(15(28)8-11)37-23(29)30/h5-9,16-18,23H,2-4H2,1H3,(H,31,34). The molecule has 3 fully saturated rings. The normalized spacial score (nSPS) is 27.1. The van der Waals surface area contributed by atoms with Gasteiger partial charge in [-0.25, -0.2) is 4.90 Å². The van der Waals surface area contributed by atoms with Crippen molar-refractivity contribution < 1.29 is 27.9 Å². The number of hydrogen-bond donors (Lipinski definition) is 1. The molecule has 5 rings (SSSR count). The Hall–Kier alpha value is -2.17. The molecule has 2 aromatic rings. The second-order valence-corrected chi connectivity index (χ2v) is 10.9. The van der Waals surface area contributed by atoms with Gasteiger partial charge in [0, 0.05) is 11.1 Å². The molecule has 3 aliphatic rings. The first kappa shape index (κ1) is 26.4. The number of benzene rings is 2. The van der Waals surface area contributed by atoms with Crippen molar-refractivity contribution in [3.8, 4) is 5.75 Å². The van der Waals surface area contributed by atoms with Crippen LogP contribution in [-0.4, -0.2) is 42.3 Å². The molecule has 0 aliphatic carbocycles. The summed E-state index contributed by atoms with van der Waals surface area (Å²) in [5, 5.41) is 2.57. The van der Waals surface area contributed by atoms with E-state index in [9.17, 15) is 23.2 Å². The fourth-order valence-electron chi connectivity index (χ4n) is 6.22. The lowest BCUT2D eigenvalue weighted by Crippen LogP contribution is -2.48. The van der Waals surface area contributed by atoms with E-state index in [1.807, 2.05) is 6.92 Å². The van der Waals surface area contributed by atoms with Crippen LogP contribution in [0, 0.1) is 11.8 Å². The average molecular weight is 593 g/mol.